The van der Waals surface area contributed by atoms with Crippen LogP contribution in [-0.2, 0) is 4.79 Å². The minimum Gasteiger partial charge on any atom is -0.330 e. The molecule has 0 aliphatic carbocycles. The van der Waals surface area contributed by atoms with E-state index in [1.54, 1.807) is 35.8 Å². The number of hydrogen-bond donors (Lipinski definition) is 1. The van der Waals surface area contributed by atoms with Crippen LogP contribution in [0.25, 0.3) is 0 Å². The average molecular weight is 324 g/mol. The highest BCUT2D eigenvalue weighted by atomic mass is 35.5. The van der Waals surface area contributed by atoms with Gasteiger partial charge in [0.25, 0.3) is 5.91 Å². The number of likely N-dealkylation sites (N-methyl/N-ethyl adjacent to an activating group) is 1. The van der Waals surface area contributed by atoms with Gasteiger partial charge in [0.05, 0.1) is 0 Å². The first-order valence-electron chi connectivity index (χ1n) is 6.34. The van der Waals surface area contributed by atoms with E-state index >= 15 is 0 Å². The highest BCUT2D eigenvalue weighted by molar-refractivity contribution is 7.13. The average Bonchev–Trinajstić information content (AvgIpc) is 2.97. The lowest BCUT2D eigenvalue weighted by Gasteiger charge is -2.20. The SMILES string of the molecule is CCN(CC(=O)Nc1nccs1)C(=O)c1cccc(Cl)c1. The van der Waals surface area contributed by atoms with Crippen molar-refractivity contribution >= 4 is 39.9 Å². The van der Waals surface area contributed by atoms with Crippen LogP contribution in [0.4, 0.5) is 5.13 Å². The zero-order valence-corrected chi connectivity index (χ0v) is 12.9. The van der Waals surface area contributed by atoms with Gasteiger partial charge in [0, 0.05) is 28.7 Å². The zero-order valence-electron chi connectivity index (χ0n) is 11.4. The first kappa shape index (κ1) is 15.5. The molecule has 0 radical (unpaired) electrons. The molecule has 0 saturated carbocycles. The van der Waals surface area contributed by atoms with Gasteiger partial charge in [-0.15, -0.1) is 11.3 Å². The van der Waals surface area contributed by atoms with Gasteiger partial charge < -0.3 is 10.2 Å². The summed E-state index contributed by atoms with van der Waals surface area (Å²) in [6.07, 6.45) is 1.61. The second kappa shape index (κ2) is 7.19. The molecular formula is C14H14ClN3O2S. The van der Waals surface area contributed by atoms with Crippen molar-refractivity contribution in [2.75, 3.05) is 18.4 Å². The van der Waals surface area contributed by atoms with E-state index in [0.717, 1.165) is 0 Å². The van der Waals surface area contributed by atoms with Gasteiger partial charge in [-0.25, -0.2) is 4.98 Å². The van der Waals surface area contributed by atoms with Gasteiger partial charge in [-0.2, -0.15) is 0 Å². The summed E-state index contributed by atoms with van der Waals surface area (Å²) in [5.74, 6) is -0.503. The molecule has 0 atom stereocenters. The number of carbonyl (C=O) groups excluding carboxylic acids is 2. The van der Waals surface area contributed by atoms with Crippen LogP contribution in [0.1, 0.15) is 17.3 Å². The number of anilines is 1. The molecule has 0 aliphatic rings. The standard InChI is InChI=1S/C14H14ClN3O2S/c1-2-18(9-12(19)17-14-16-6-7-21-14)13(20)10-4-3-5-11(15)8-10/h3-8H,2,9H2,1H3,(H,16,17,19). The predicted octanol–water partition coefficient (Wildman–Crippen LogP) is 2.90. The molecule has 1 N–H and O–H groups in total. The molecule has 1 aromatic heterocycles. The maximum absolute atomic E-state index is 12.3. The van der Waals surface area contributed by atoms with Gasteiger partial charge in [-0.1, -0.05) is 17.7 Å². The van der Waals surface area contributed by atoms with Gasteiger partial charge in [0.1, 0.15) is 6.54 Å². The topological polar surface area (TPSA) is 62.3 Å². The minimum atomic E-state index is -0.276. The fraction of sp³-hybridized carbons (Fsp3) is 0.214. The van der Waals surface area contributed by atoms with Crippen molar-refractivity contribution in [2.24, 2.45) is 0 Å². The van der Waals surface area contributed by atoms with Gasteiger partial charge in [-0.05, 0) is 25.1 Å². The van der Waals surface area contributed by atoms with Crippen molar-refractivity contribution in [3.8, 4) is 0 Å². The van der Waals surface area contributed by atoms with Gasteiger partial charge >= 0.3 is 0 Å². The molecule has 5 nitrogen and oxygen atoms in total. The minimum absolute atomic E-state index is 0.0264. The molecule has 2 rings (SSSR count). The molecule has 2 aromatic rings. The Morgan fingerprint density at radius 3 is 2.86 bits per heavy atom. The second-order valence-electron chi connectivity index (χ2n) is 4.22. The van der Waals surface area contributed by atoms with Crippen LogP contribution < -0.4 is 5.32 Å². The molecule has 0 aliphatic heterocycles. The van der Waals surface area contributed by atoms with Crippen molar-refractivity contribution in [2.45, 2.75) is 6.92 Å². The highest BCUT2D eigenvalue weighted by Crippen LogP contribution is 2.13. The Morgan fingerprint density at radius 1 is 1.43 bits per heavy atom. The van der Waals surface area contributed by atoms with Crippen molar-refractivity contribution in [3.05, 3.63) is 46.4 Å². The fourth-order valence-electron chi connectivity index (χ4n) is 1.75. The van der Waals surface area contributed by atoms with Crippen LogP contribution in [0, 0.1) is 0 Å². The molecule has 0 spiro atoms. The molecule has 0 fully saturated rings. The first-order valence-corrected chi connectivity index (χ1v) is 7.60. The van der Waals surface area contributed by atoms with E-state index in [1.807, 2.05) is 6.92 Å². The summed E-state index contributed by atoms with van der Waals surface area (Å²) in [7, 11) is 0. The zero-order chi connectivity index (χ0) is 15.2. The molecule has 1 aromatic carbocycles. The van der Waals surface area contributed by atoms with Gasteiger partial charge in [-0.3, -0.25) is 9.59 Å². The summed E-state index contributed by atoms with van der Waals surface area (Å²) in [6, 6.07) is 6.67. The van der Waals surface area contributed by atoms with E-state index in [1.165, 1.54) is 16.2 Å². The number of rotatable bonds is 5. The lowest BCUT2D eigenvalue weighted by Crippen LogP contribution is -2.37. The van der Waals surface area contributed by atoms with Crippen molar-refractivity contribution < 1.29 is 9.59 Å². The molecular weight excluding hydrogens is 310 g/mol. The van der Waals surface area contributed by atoms with Crippen LogP contribution >= 0.6 is 22.9 Å². The van der Waals surface area contributed by atoms with Crippen LogP contribution in [0.15, 0.2) is 35.8 Å². The smallest absolute Gasteiger partial charge is 0.254 e. The Morgan fingerprint density at radius 2 is 2.24 bits per heavy atom. The maximum atomic E-state index is 12.3. The number of halogens is 1. The maximum Gasteiger partial charge on any atom is 0.254 e. The Labute approximate surface area is 131 Å². The van der Waals surface area contributed by atoms with Gasteiger partial charge in [0.2, 0.25) is 5.91 Å². The van der Waals surface area contributed by atoms with E-state index in [0.29, 0.717) is 22.3 Å². The fourth-order valence-corrected chi connectivity index (χ4v) is 2.48. The summed E-state index contributed by atoms with van der Waals surface area (Å²) in [5, 5.41) is 5.43. The summed E-state index contributed by atoms with van der Waals surface area (Å²) >= 11 is 7.21. The summed E-state index contributed by atoms with van der Waals surface area (Å²) < 4.78 is 0. The van der Waals surface area contributed by atoms with Crippen LogP contribution in [0.3, 0.4) is 0 Å². The highest BCUT2D eigenvalue weighted by Gasteiger charge is 2.18. The molecule has 7 heteroatoms. The monoisotopic (exact) mass is 323 g/mol. The molecule has 1 heterocycles. The number of benzene rings is 1. The number of nitrogens with one attached hydrogen (secondary N) is 1. The third kappa shape index (κ3) is 4.27. The largest absolute Gasteiger partial charge is 0.330 e. The van der Waals surface area contributed by atoms with Crippen LogP contribution in [0.2, 0.25) is 5.02 Å². The van der Waals surface area contributed by atoms with E-state index in [9.17, 15) is 9.59 Å². The molecule has 0 bridgehead atoms. The second-order valence-corrected chi connectivity index (χ2v) is 5.55. The quantitative estimate of drug-likeness (QED) is 0.920. The Hall–Kier alpha value is -1.92. The lowest BCUT2D eigenvalue weighted by atomic mass is 10.2. The Balaban J connectivity index is 2.02. The van der Waals surface area contributed by atoms with Crippen molar-refractivity contribution in [3.63, 3.8) is 0 Å². The normalized spacial score (nSPS) is 10.2. The molecule has 21 heavy (non-hydrogen) atoms. The number of carbonyl (C=O) groups is 2. The summed E-state index contributed by atoms with van der Waals surface area (Å²) in [5.41, 5.74) is 0.464. The predicted molar refractivity (Wildman–Crippen MR) is 83.8 cm³/mol. The van der Waals surface area contributed by atoms with Gasteiger partial charge in [0.15, 0.2) is 5.13 Å². The molecule has 110 valence electrons. The number of aromatic nitrogens is 1. The van der Waals surface area contributed by atoms with Crippen molar-refractivity contribution in [1.29, 1.82) is 0 Å². The Kier molecular flexibility index (Phi) is 5.30. The number of nitrogens with zero attached hydrogens (tertiary/aromatic N) is 2. The third-order valence-electron chi connectivity index (χ3n) is 2.75. The number of amides is 2. The molecule has 2 amide bonds. The first-order chi connectivity index (χ1) is 10.1. The number of thiazole rings is 1. The van der Waals surface area contributed by atoms with E-state index in [4.69, 9.17) is 11.6 Å². The number of hydrogen-bond acceptors (Lipinski definition) is 4. The van der Waals surface area contributed by atoms with E-state index in [-0.39, 0.29) is 18.4 Å². The Bertz CT molecular complexity index is 631. The molecule has 0 saturated heterocycles. The van der Waals surface area contributed by atoms with Crippen LogP contribution in [0.5, 0.6) is 0 Å². The van der Waals surface area contributed by atoms with E-state index < -0.39 is 0 Å². The van der Waals surface area contributed by atoms with E-state index in [2.05, 4.69) is 10.3 Å². The summed E-state index contributed by atoms with van der Waals surface area (Å²) in [4.78, 5) is 29.7. The summed E-state index contributed by atoms with van der Waals surface area (Å²) in [6.45, 7) is 2.22. The van der Waals surface area contributed by atoms with Crippen molar-refractivity contribution in [1.82, 2.24) is 9.88 Å². The van der Waals surface area contributed by atoms with Crippen LogP contribution in [-0.4, -0.2) is 34.8 Å². The lowest BCUT2D eigenvalue weighted by molar-refractivity contribution is -0.116. The molecule has 0 unspecified atom stereocenters. The third-order valence-corrected chi connectivity index (χ3v) is 3.68.